The van der Waals surface area contributed by atoms with Crippen LogP contribution in [0.5, 0.6) is 0 Å². The molecule has 0 aliphatic carbocycles. The number of aliphatic hydroxyl groups is 1. The topological polar surface area (TPSA) is 45.1 Å². The summed E-state index contributed by atoms with van der Waals surface area (Å²) in [6.07, 6.45) is 1.49. The van der Waals surface area contributed by atoms with Crippen LogP contribution in [-0.4, -0.2) is 22.7 Å². The summed E-state index contributed by atoms with van der Waals surface area (Å²) >= 11 is 0. The Morgan fingerprint density at radius 2 is 2.12 bits per heavy atom. The Morgan fingerprint density at radius 1 is 1.31 bits per heavy atom. The monoisotopic (exact) mass is 216 g/mol. The molecule has 0 bridgehead atoms. The van der Waals surface area contributed by atoms with Crippen molar-refractivity contribution in [1.29, 1.82) is 0 Å². The van der Waals surface area contributed by atoms with Crippen LogP contribution in [0, 0.1) is 0 Å². The van der Waals surface area contributed by atoms with Gasteiger partial charge in [-0.3, -0.25) is 4.98 Å². The molecular weight excluding hydrogens is 200 g/mol. The molecule has 1 unspecified atom stereocenters. The first kappa shape index (κ1) is 11.0. The maximum Gasteiger partial charge on any atom is 0.0746 e. The largest absolute Gasteiger partial charge is 0.392 e. The van der Waals surface area contributed by atoms with Crippen molar-refractivity contribution < 1.29 is 5.11 Å². The van der Waals surface area contributed by atoms with Crippen LogP contribution in [0.3, 0.4) is 0 Å². The molecule has 0 saturated carbocycles. The second-order valence-corrected chi connectivity index (χ2v) is 3.97. The van der Waals surface area contributed by atoms with E-state index in [1.807, 2.05) is 12.1 Å². The predicted octanol–water partition coefficient (Wildman–Crippen LogP) is 1.71. The van der Waals surface area contributed by atoms with E-state index in [0.717, 1.165) is 17.4 Å². The third kappa shape index (κ3) is 2.56. The fourth-order valence-electron chi connectivity index (χ4n) is 1.73. The third-order valence-corrected chi connectivity index (χ3v) is 2.47. The van der Waals surface area contributed by atoms with Crippen LogP contribution in [0.15, 0.2) is 36.5 Å². The number of nitrogens with one attached hydrogen (secondary N) is 1. The summed E-state index contributed by atoms with van der Waals surface area (Å²) in [4.78, 5) is 4.38. The molecule has 0 aliphatic heterocycles. The summed E-state index contributed by atoms with van der Waals surface area (Å²) in [7, 11) is 0. The van der Waals surface area contributed by atoms with Gasteiger partial charge >= 0.3 is 0 Å². The molecule has 2 rings (SSSR count). The van der Waals surface area contributed by atoms with Crippen molar-refractivity contribution in [3.8, 4) is 0 Å². The number of nitrogens with zero attached hydrogens (tertiary/aromatic N) is 1. The van der Waals surface area contributed by atoms with Gasteiger partial charge in [-0.15, -0.1) is 0 Å². The number of aromatic nitrogens is 1. The first-order valence-corrected chi connectivity index (χ1v) is 5.49. The average molecular weight is 216 g/mol. The lowest BCUT2D eigenvalue weighted by Crippen LogP contribution is -2.23. The molecule has 3 heteroatoms. The molecule has 0 spiro atoms. The van der Waals surface area contributed by atoms with Crippen LogP contribution in [0.2, 0.25) is 0 Å². The molecule has 3 nitrogen and oxygen atoms in total. The summed E-state index contributed by atoms with van der Waals surface area (Å²) in [5.74, 6) is 0. The van der Waals surface area contributed by atoms with Crippen molar-refractivity contribution >= 4 is 10.9 Å². The molecule has 1 aromatic carbocycles. The van der Waals surface area contributed by atoms with E-state index in [-0.39, 0.29) is 6.10 Å². The number of pyridine rings is 1. The van der Waals surface area contributed by atoms with E-state index < -0.39 is 0 Å². The molecule has 0 radical (unpaired) electrons. The van der Waals surface area contributed by atoms with Gasteiger partial charge in [0.1, 0.15) is 0 Å². The number of rotatable bonds is 4. The van der Waals surface area contributed by atoms with Gasteiger partial charge in [-0.1, -0.05) is 24.3 Å². The number of hydrogen-bond acceptors (Lipinski definition) is 3. The van der Waals surface area contributed by atoms with Crippen molar-refractivity contribution in [2.24, 2.45) is 0 Å². The highest BCUT2D eigenvalue weighted by molar-refractivity contribution is 5.81. The molecule has 16 heavy (non-hydrogen) atoms. The lowest BCUT2D eigenvalue weighted by Gasteiger charge is -2.08. The summed E-state index contributed by atoms with van der Waals surface area (Å²) in [5, 5.41) is 13.5. The van der Waals surface area contributed by atoms with E-state index in [1.165, 1.54) is 5.56 Å². The molecule has 0 aliphatic rings. The molecule has 0 fully saturated rings. The summed E-state index contributed by atoms with van der Waals surface area (Å²) in [6, 6.07) is 10.1. The van der Waals surface area contributed by atoms with Crippen LogP contribution in [0.1, 0.15) is 12.5 Å². The van der Waals surface area contributed by atoms with Gasteiger partial charge in [-0.25, -0.2) is 0 Å². The Hall–Kier alpha value is -1.45. The second kappa shape index (κ2) is 5.05. The van der Waals surface area contributed by atoms with Crippen molar-refractivity contribution in [3.05, 3.63) is 42.1 Å². The Labute approximate surface area is 95.1 Å². The minimum atomic E-state index is -0.317. The van der Waals surface area contributed by atoms with Gasteiger partial charge in [0, 0.05) is 24.7 Å². The first-order chi connectivity index (χ1) is 7.77. The van der Waals surface area contributed by atoms with Gasteiger partial charge < -0.3 is 10.4 Å². The second-order valence-electron chi connectivity index (χ2n) is 3.97. The zero-order valence-electron chi connectivity index (χ0n) is 9.35. The standard InChI is InChI=1S/C13H16N2O/c1-10(16)8-14-9-12-5-2-4-11-6-3-7-15-13(11)12/h2-7,10,14,16H,8-9H2,1H3. The number of para-hydroxylation sites is 1. The SMILES string of the molecule is CC(O)CNCc1cccc2cccnc12. The molecule has 0 amide bonds. The van der Waals surface area contributed by atoms with E-state index in [0.29, 0.717) is 6.54 Å². The van der Waals surface area contributed by atoms with Crippen LogP contribution >= 0.6 is 0 Å². The summed E-state index contributed by atoms with van der Waals surface area (Å²) < 4.78 is 0. The third-order valence-electron chi connectivity index (χ3n) is 2.47. The number of fused-ring (bicyclic) bond motifs is 1. The van der Waals surface area contributed by atoms with E-state index in [9.17, 15) is 0 Å². The molecule has 1 atom stereocenters. The maximum absolute atomic E-state index is 9.17. The smallest absolute Gasteiger partial charge is 0.0746 e. The fraction of sp³-hybridized carbons (Fsp3) is 0.308. The molecular formula is C13H16N2O. The molecule has 1 aromatic heterocycles. The highest BCUT2D eigenvalue weighted by Gasteiger charge is 2.01. The van der Waals surface area contributed by atoms with E-state index in [1.54, 1.807) is 13.1 Å². The Bertz CT molecular complexity index is 463. The van der Waals surface area contributed by atoms with E-state index in [2.05, 4.69) is 28.5 Å². The van der Waals surface area contributed by atoms with Gasteiger partial charge in [0.25, 0.3) is 0 Å². The quantitative estimate of drug-likeness (QED) is 0.817. The highest BCUT2D eigenvalue weighted by Crippen LogP contribution is 2.15. The van der Waals surface area contributed by atoms with Crippen molar-refractivity contribution in [2.45, 2.75) is 19.6 Å². The highest BCUT2D eigenvalue weighted by atomic mass is 16.3. The minimum absolute atomic E-state index is 0.317. The van der Waals surface area contributed by atoms with Gasteiger partial charge in [-0.2, -0.15) is 0 Å². The first-order valence-electron chi connectivity index (χ1n) is 5.49. The Kier molecular flexibility index (Phi) is 3.49. The van der Waals surface area contributed by atoms with Crippen molar-refractivity contribution in [3.63, 3.8) is 0 Å². The molecule has 2 N–H and O–H groups in total. The lowest BCUT2D eigenvalue weighted by molar-refractivity contribution is 0.191. The number of hydrogen-bond donors (Lipinski definition) is 2. The minimum Gasteiger partial charge on any atom is -0.392 e. The Morgan fingerprint density at radius 3 is 2.94 bits per heavy atom. The maximum atomic E-state index is 9.17. The fourth-order valence-corrected chi connectivity index (χ4v) is 1.73. The van der Waals surface area contributed by atoms with Crippen LogP contribution in [0.25, 0.3) is 10.9 Å². The van der Waals surface area contributed by atoms with Gasteiger partial charge in [0.15, 0.2) is 0 Å². The van der Waals surface area contributed by atoms with E-state index in [4.69, 9.17) is 5.11 Å². The number of aliphatic hydroxyl groups excluding tert-OH is 1. The van der Waals surface area contributed by atoms with Crippen LogP contribution in [-0.2, 0) is 6.54 Å². The van der Waals surface area contributed by atoms with Crippen LogP contribution in [0.4, 0.5) is 0 Å². The van der Waals surface area contributed by atoms with Crippen LogP contribution < -0.4 is 5.32 Å². The predicted molar refractivity (Wildman–Crippen MR) is 65.1 cm³/mol. The summed E-state index contributed by atoms with van der Waals surface area (Å²) in [6.45, 7) is 3.11. The van der Waals surface area contributed by atoms with E-state index >= 15 is 0 Å². The molecule has 1 heterocycles. The van der Waals surface area contributed by atoms with Gasteiger partial charge in [-0.05, 0) is 18.6 Å². The lowest BCUT2D eigenvalue weighted by atomic mass is 10.1. The van der Waals surface area contributed by atoms with Crippen molar-refractivity contribution in [1.82, 2.24) is 10.3 Å². The van der Waals surface area contributed by atoms with Gasteiger partial charge in [0.2, 0.25) is 0 Å². The van der Waals surface area contributed by atoms with Gasteiger partial charge in [0.05, 0.1) is 11.6 Å². The molecule has 0 saturated heterocycles. The zero-order chi connectivity index (χ0) is 11.4. The zero-order valence-corrected chi connectivity index (χ0v) is 9.35. The molecule has 2 aromatic rings. The number of benzene rings is 1. The Balaban J connectivity index is 2.17. The normalized spacial score (nSPS) is 12.9. The summed E-state index contributed by atoms with van der Waals surface area (Å²) in [5.41, 5.74) is 2.20. The molecule has 84 valence electrons. The van der Waals surface area contributed by atoms with Crippen molar-refractivity contribution in [2.75, 3.05) is 6.54 Å². The average Bonchev–Trinajstić information content (AvgIpc) is 2.29.